The quantitative estimate of drug-likeness (QED) is 0.870. The summed E-state index contributed by atoms with van der Waals surface area (Å²) < 4.78 is 12.1. The number of benzene rings is 1. The lowest BCUT2D eigenvalue weighted by atomic mass is 9.78. The van der Waals surface area contributed by atoms with E-state index in [4.69, 9.17) is 9.31 Å². The normalized spacial score (nSPS) is 19.6. The van der Waals surface area contributed by atoms with Crippen molar-refractivity contribution in [1.82, 2.24) is 0 Å². The van der Waals surface area contributed by atoms with Crippen LogP contribution in [0.15, 0.2) is 18.2 Å². The van der Waals surface area contributed by atoms with Crippen LogP contribution in [0.5, 0.6) is 0 Å². The third-order valence-electron chi connectivity index (χ3n) is 4.37. The molecule has 0 unspecified atom stereocenters. The first-order valence-corrected chi connectivity index (χ1v) is 7.42. The van der Waals surface area contributed by atoms with Crippen molar-refractivity contribution in [2.45, 2.75) is 59.2 Å². The largest absolute Gasteiger partial charge is 0.494 e. The van der Waals surface area contributed by atoms with E-state index in [0.29, 0.717) is 6.42 Å². The molecule has 1 N–H and O–H groups in total. The van der Waals surface area contributed by atoms with E-state index in [9.17, 15) is 4.79 Å². The van der Waals surface area contributed by atoms with Gasteiger partial charge in [0.25, 0.3) is 0 Å². The van der Waals surface area contributed by atoms with Gasteiger partial charge in [0, 0.05) is 12.1 Å². The van der Waals surface area contributed by atoms with E-state index in [1.165, 1.54) is 0 Å². The van der Waals surface area contributed by atoms with Crippen LogP contribution >= 0.6 is 0 Å². The number of rotatable bonds is 3. The van der Waals surface area contributed by atoms with E-state index in [0.717, 1.165) is 16.7 Å². The predicted octanol–water partition coefficient (Wildman–Crippen LogP) is 2.64. The molecule has 0 saturated carbocycles. The van der Waals surface area contributed by atoms with E-state index < -0.39 is 0 Å². The Hall–Kier alpha value is -1.33. The lowest BCUT2D eigenvalue weighted by Crippen LogP contribution is -2.41. The minimum atomic E-state index is -0.371. The van der Waals surface area contributed by atoms with Gasteiger partial charge in [-0.1, -0.05) is 19.1 Å². The van der Waals surface area contributed by atoms with E-state index in [2.05, 4.69) is 5.32 Å². The zero-order valence-corrected chi connectivity index (χ0v) is 13.7. The second-order valence-corrected chi connectivity index (χ2v) is 6.56. The van der Waals surface area contributed by atoms with Crippen LogP contribution in [0.25, 0.3) is 0 Å². The maximum atomic E-state index is 11.5. The SMILES string of the molecule is CCC(=O)Nc1ccc(B2OC(C)(C)C(C)(C)O2)cc1C. The van der Waals surface area contributed by atoms with Gasteiger partial charge in [0.2, 0.25) is 5.91 Å². The fraction of sp³-hybridized carbons (Fsp3) is 0.562. The van der Waals surface area contributed by atoms with Crippen molar-refractivity contribution in [1.29, 1.82) is 0 Å². The highest BCUT2D eigenvalue weighted by Crippen LogP contribution is 2.36. The van der Waals surface area contributed by atoms with Gasteiger partial charge >= 0.3 is 7.12 Å². The minimum Gasteiger partial charge on any atom is -0.399 e. The van der Waals surface area contributed by atoms with Crippen molar-refractivity contribution in [2.24, 2.45) is 0 Å². The molecular weight excluding hydrogens is 265 g/mol. The molecule has 0 bridgehead atoms. The molecule has 0 spiro atoms. The van der Waals surface area contributed by atoms with Gasteiger partial charge in [0.05, 0.1) is 11.2 Å². The summed E-state index contributed by atoms with van der Waals surface area (Å²) in [6, 6.07) is 5.86. The summed E-state index contributed by atoms with van der Waals surface area (Å²) in [5, 5.41) is 2.89. The third kappa shape index (κ3) is 3.14. The van der Waals surface area contributed by atoms with Crippen LogP contribution < -0.4 is 10.8 Å². The molecule has 1 aromatic carbocycles. The number of carbonyl (C=O) groups excluding carboxylic acids is 1. The summed E-state index contributed by atoms with van der Waals surface area (Å²) in [6.45, 7) is 12.0. The first kappa shape index (κ1) is 16.1. The van der Waals surface area contributed by atoms with Crippen molar-refractivity contribution in [3.05, 3.63) is 23.8 Å². The van der Waals surface area contributed by atoms with Gasteiger partial charge in [0.15, 0.2) is 0 Å². The number of amides is 1. The van der Waals surface area contributed by atoms with Gasteiger partial charge in [-0.2, -0.15) is 0 Å². The Balaban J connectivity index is 2.20. The molecule has 0 aliphatic carbocycles. The Labute approximate surface area is 127 Å². The van der Waals surface area contributed by atoms with E-state index in [1.54, 1.807) is 0 Å². The Morgan fingerprint density at radius 1 is 1.19 bits per heavy atom. The van der Waals surface area contributed by atoms with Crippen LogP contribution in [0.4, 0.5) is 5.69 Å². The van der Waals surface area contributed by atoms with Crippen LogP contribution in [-0.2, 0) is 14.1 Å². The highest BCUT2D eigenvalue weighted by atomic mass is 16.7. The average Bonchev–Trinajstić information content (AvgIpc) is 2.60. The summed E-state index contributed by atoms with van der Waals surface area (Å²) in [5.74, 6) is 0.0153. The summed E-state index contributed by atoms with van der Waals surface area (Å²) in [5.41, 5.74) is 2.12. The highest BCUT2D eigenvalue weighted by molar-refractivity contribution is 6.62. The van der Waals surface area contributed by atoms with Crippen LogP contribution in [0.1, 0.15) is 46.6 Å². The fourth-order valence-corrected chi connectivity index (χ4v) is 2.19. The Bertz CT molecular complexity index is 538. The highest BCUT2D eigenvalue weighted by Gasteiger charge is 2.51. The molecule has 0 radical (unpaired) electrons. The number of hydrogen-bond donors (Lipinski definition) is 1. The van der Waals surface area contributed by atoms with Gasteiger partial charge in [-0.15, -0.1) is 0 Å². The second kappa shape index (κ2) is 5.46. The summed E-state index contributed by atoms with van der Waals surface area (Å²) in [4.78, 5) is 11.5. The fourth-order valence-electron chi connectivity index (χ4n) is 2.19. The second-order valence-electron chi connectivity index (χ2n) is 6.56. The maximum Gasteiger partial charge on any atom is 0.494 e. The van der Waals surface area contributed by atoms with Crippen molar-refractivity contribution in [3.8, 4) is 0 Å². The van der Waals surface area contributed by atoms with E-state index in [1.807, 2.05) is 59.7 Å². The topological polar surface area (TPSA) is 47.6 Å². The first-order chi connectivity index (χ1) is 9.66. The van der Waals surface area contributed by atoms with Crippen LogP contribution in [0, 0.1) is 6.92 Å². The zero-order chi connectivity index (χ0) is 15.8. The van der Waals surface area contributed by atoms with E-state index in [-0.39, 0.29) is 24.2 Å². The molecule has 21 heavy (non-hydrogen) atoms. The molecule has 2 rings (SSSR count). The third-order valence-corrected chi connectivity index (χ3v) is 4.37. The van der Waals surface area contributed by atoms with Crippen molar-refractivity contribution < 1.29 is 14.1 Å². The maximum absolute atomic E-state index is 11.5. The molecule has 5 heteroatoms. The van der Waals surface area contributed by atoms with E-state index >= 15 is 0 Å². The molecule has 1 aliphatic heterocycles. The Kier molecular flexibility index (Phi) is 4.18. The van der Waals surface area contributed by atoms with Crippen LogP contribution in [0.2, 0.25) is 0 Å². The average molecular weight is 289 g/mol. The molecule has 1 amide bonds. The molecular formula is C16H24BNO3. The van der Waals surface area contributed by atoms with Crippen molar-refractivity contribution in [2.75, 3.05) is 5.32 Å². The summed E-state index contributed by atoms with van der Waals surface area (Å²) in [7, 11) is -0.371. The first-order valence-electron chi connectivity index (χ1n) is 7.42. The van der Waals surface area contributed by atoms with Gasteiger partial charge in [-0.3, -0.25) is 4.79 Å². The lowest BCUT2D eigenvalue weighted by Gasteiger charge is -2.32. The number of nitrogens with one attached hydrogen (secondary N) is 1. The lowest BCUT2D eigenvalue weighted by molar-refractivity contribution is -0.115. The van der Waals surface area contributed by atoms with Crippen LogP contribution in [0.3, 0.4) is 0 Å². The number of carbonyl (C=O) groups is 1. The molecule has 1 heterocycles. The number of aryl methyl sites for hydroxylation is 1. The van der Waals surface area contributed by atoms with Gasteiger partial charge in [-0.05, 0) is 51.7 Å². The minimum absolute atomic E-state index is 0.0153. The summed E-state index contributed by atoms with van der Waals surface area (Å²) in [6.07, 6.45) is 0.471. The predicted molar refractivity (Wildman–Crippen MR) is 85.8 cm³/mol. The van der Waals surface area contributed by atoms with Crippen molar-refractivity contribution >= 4 is 24.2 Å². The molecule has 4 nitrogen and oxygen atoms in total. The molecule has 1 aromatic rings. The monoisotopic (exact) mass is 289 g/mol. The molecule has 114 valence electrons. The Morgan fingerprint density at radius 2 is 1.76 bits per heavy atom. The van der Waals surface area contributed by atoms with Gasteiger partial charge in [-0.25, -0.2) is 0 Å². The standard InChI is InChI=1S/C16H24BNO3/c1-7-14(19)18-13-9-8-12(10-11(13)2)17-20-15(3,4)16(5,6)21-17/h8-10H,7H2,1-6H3,(H,18,19). The molecule has 1 saturated heterocycles. The molecule has 0 aromatic heterocycles. The molecule has 1 aliphatic rings. The summed E-state index contributed by atoms with van der Waals surface area (Å²) >= 11 is 0. The zero-order valence-electron chi connectivity index (χ0n) is 13.7. The molecule has 0 atom stereocenters. The Morgan fingerprint density at radius 3 is 2.24 bits per heavy atom. The van der Waals surface area contributed by atoms with Gasteiger partial charge < -0.3 is 14.6 Å². The smallest absolute Gasteiger partial charge is 0.399 e. The van der Waals surface area contributed by atoms with Crippen LogP contribution in [-0.4, -0.2) is 24.2 Å². The van der Waals surface area contributed by atoms with Crippen molar-refractivity contribution in [3.63, 3.8) is 0 Å². The van der Waals surface area contributed by atoms with Gasteiger partial charge in [0.1, 0.15) is 0 Å². The number of hydrogen-bond acceptors (Lipinski definition) is 3. The number of anilines is 1. The molecule has 1 fully saturated rings.